The van der Waals surface area contributed by atoms with Crippen molar-refractivity contribution in [2.75, 3.05) is 13.6 Å². The van der Waals surface area contributed by atoms with Gasteiger partial charge in [0.2, 0.25) is 5.91 Å². The van der Waals surface area contributed by atoms with Crippen LogP contribution in [0.2, 0.25) is 0 Å². The molecular weight excluding hydrogens is 371 g/mol. The molecule has 2 rings (SSSR count). The number of hydrogen-bond donors (Lipinski definition) is 1. The van der Waals surface area contributed by atoms with Gasteiger partial charge < -0.3 is 5.32 Å². The molecule has 0 heterocycles. The Bertz CT molecular complexity index is 658. The number of nitrogens with one attached hydrogen (secondary N) is 1. The lowest BCUT2D eigenvalue weighted by molar-refractivity contribution is -0.125. The van der Waals surface area contributed by atoms with E-state index in [-0.39, 0.29) is 17.8 Å². The van der Waals surface area contributed by atoms with Gasteiger partial charge in [0.05, 0.1) is 6.04 Å². The van der Waals surface area contributed by atoms with Gasteiger partial charge in [-0.3, -0.25) is 9.69 Å². The van der Waals surface area contributed by atoms with Crippen molar-refractivity contribution in [2.45, 2.75) is 25.9 Å². The first kappa shape index (κ1) is 18.6. The summed E-state index contributed by atoms with van der Waals surface area (Å²) in [4.78, 5) is 14.3. The molecule has 1 unspecified atom stereocenters. The van der Waals surface area contributed by atoms with Crippen molar-refractivity contribution in [1.82, 2.24) is 10.2 Å². The second-order valence-corrected chi connectivity index (χ2v) is 6.80. The molecule has 0 spiro atoms. The number of carbonyl (C=O) groups excluding carboxylic acids is 1. The average Bonchev–Trinajstić information content (AvgIpc) is 2.58. The molecule has 3 nitrogen and oxygen atoms in total. The minimum absolute atomic E-state index is 0.00303. The summed E-state index contributed by atoms with van der Waals surface area (Å²) in [5, 5.41) is 2.94. The van der Waals surface area contributed by atoms with Gasteiger partial charge in [-0.05, 0) is 55.8 Å². The predicted molar refractivity (Wildman–Crippen MR) is 98.2 cm³/mol. The first-order chi connectivity index (χ1) is 11.5. The minimum atomic E-state index is -0.244. The van der Waals surface area contributed by atoms with E-state index in [4.69, 9.17) is 0 Å². The van der Waals surface area contributed by atoms with Gasteiger partial charge in [0.15, 0.2) is 0 Å². The smallest absolute Gasteiger partial charge is 0.237 e. The Morgan fingerprint density at radius 2 is 1.71 bits per heavy atom. The van der Waals surface area contributed by atoms with E-state index in [2.05, 4.69) is 21.2 Å². The fraction of sp³-hybridized carbons (Fsp3) is 0.316. The molecule has 1 N–H and O–H groups in total. The molecule has 0 aromatic heterocycles. The van der Waals surface area contributed by atoms with Gasteiger partial charge in [-0.25, -0.2) is 4.39 Å². The first-order valence-electron chi connectivity index (χ1n) is 7.92. The Kier molecular flexibility index (Phi) is 6.94. The lowest BCUT2D eigenvalue weighted by atomic mass is 10.1. The van der Waals surface area contributed by atoms with Crippen LogP contribution in [0.5, 0.6) is 0 Å². The molecule has 0 saturated carbocycles. The highest BCUT2D eigenvalue weighted by molar-refractivity contribution is 9.10. The third-order valence-corrected chi connectivity index (χ3v) is 4.54. The first-order valence-corrected chi connectivity index (χ1v) is 8.72. The van der Waals surface area contributed by atoms with Crippen LogP contribution >= 0.6 is 15.9 Å². The summed E-state index contributed by atoms with van der Waals surface area (Å²) in [6.45, 7) is 3.15. The summed E-state index contributed by atoms with van der Waals surface area (Å²) in [6, 6.07) is 14.2. The third-order valence-electron chi connectivity index (χ3n) is 4.01. The molecule has 1 amide bonds. The number of hydrogen-bond acceptors (Lipinski definition) is 2. The van der Waals surface area contributed by atoms with Crippen LogP contribution in [0.3, 0.4) is 0 Å². The largest absolute Gasteiger partial charge is 0.354 e. The van der Waals surface area contributed by atoms with Crippen LogP contribution < -0.4 is 5.32 Å². The van der Waals surface area contributed by atoms with Crippen LogP contribution in [0.15, 0.2) is 53.0 Å². The summed E-state index contributed by atoms with van der Waals surface area (Å²) < 4.78 is 13.9. The van der Waals surface area contributed by atoms with Crippen molar-refractivity contribution in [2.24, 2.45) is 0 Å². The number of halogens is 2. The highest BCUT2D eigenvalue weighted by atomic mass is 79.9. The van der Waals surface area contributed by atoms with Gasteiger partial charge in [0, 0.05) is 17.6 Å². The lowest BCUT2D eigenvalue weighted by Crippen LogP contribution is -2.43. The monoisotopic (exact) mass is 392 g/mol. The van der Waals surface area contributed by atoms with E-state index in [1.54, 1.807) is 12.1 Å². The zero-order valence-electron chi connectivity index (χ0n) is 13.9. The van der Waals surface area contributed by atoms with Crippen molar-refractivity contribution in [3.63, 3.8) is 0 Å². The third kappa shape index (κ3) is 5.73. The van der Waals surface area contributed by atoms with E-state index in [9.17, 15) is 9.18 Å². The Morgan fingerprint density at radius 1 is 1.12 bits per heavy atom. The highest BCUT2D eigenvalue weighted by Crippen LogP contribution is 2.12. The second-order valence-electron chi connectivity index (χ2n) is 5.89. The summed E-state index contributed by atoms with van der Waals surface area (Å²) in [5.74, 6) is -0.248. The molecule has 5 heteroatoms. The van der Waals surface area contributed by atoms with Gasteiger partial charge in [-0.1, -0.05) is 40.2 Å². The van der Waals surface area contributed by atoms with Gasteiger partial charge >= 0.3 is 0 Å². The SMILES string of the molecule is CC(C(=O)NCCc1ccc(F)cc1)N(C)Cc1ccc(Br)cc1. The minimum Gasteiger partial charge on any atom is -0.354 e. The quantitative estimate of drug-likeness (QED) is 0.777. The van der Waals surface area contributed by atoms with E-state index in [1.807, 2.05) is 43.1 Å². The van der Waals surface area contributed by atoms with Gasteiger partial charge in [0.25, 0.3) is 0 Å². The number of likely N-dealkylation sites (N-methyl/N-ethyl adjacent to an activating group) is 1. The maximum Gasteiger partial charge on any atom is 0.237 e. The molecule has 0 aliphatic rings. The number of amides is 1. The molecule has 2 aromatic carbocycles. The molecule has 0 fully saturated rings. The van der Waals surface area contributed by atoms with Crippen molar-refractivity contribution in [1.29, 1.82) is 0 Å². The summed E-state index contributed by atoms with van der Waals surface area (Å²) in [6.07, 6.45) is 0.690. The van der Waals surface area contributed by atoms with Gasteiger partial charge in [0.1, 0.15) is 5.82 Å². The van der Waals surface area contributed by atoms with E-state index < -0.39 is 0 Å². The van der Waals surface area contributed by atoms with Gasteiger partial charge in [-0.2, -0.15) is 0 Å². The van der Waals surface area contributed by atoms with Gasteiger partial charge in [-0.15, -0.1) is 0 Å². The zero-order valence-corrected chi connectivity index (χ0v) is 15.5. The molecule has 0 aliphatic carbocycles. The maximum atomic E-state index is 12.9. The van der Waals surface area contributed by atoms with Crippen molar-refractivity contribution < 1.29 is 9.18 Å². The molecule has 0 saturated heterocycles. The van der Waals surface area contributed by atoms with E-state index in [1.165, 1.54) is 12.1 Å². The Morgan fingerprint density at radius 3 is 2.33 bits per heavy atom. The second kappa shape index (κ2) is 8.94. The summed E-state index contributed by atoms with van der Waals surface area (Å²) in [7, 11) is 1.94. The number of benzene rings is 2. The molecule has 128 valence electrons. The van der Waals surface area contributed by atoms with Crippen LogP contribution in [0.25, 0.3) is 0 Å². The number of rotatable bonds is 7. The molecule has 0 aliphatic heterocycles. The predicted octanol–water partition coefficient (Wildman–Crippen LogP) is 3.77. The molecule has 1 atom stereocenters. The molecule has 24 heavy (non-hydrogen) atoms. The molecule has 2 aromatic rings. The van der Waals surface area contributed by atoms with Crippen LogP contribution in [0.1, 0.15) is 18.1 Å². The number of nitrogens with zero attached hydrogens (tertiary/aromatic N) is 1. The standard InChI is InChI=1S/C19H22BrFN2O/c1-14(23(2)13-16-3-7-17(20)8-4-16)19(24)22-12-11-15-5-9-18(21)10-6-15/h3-10,14H,11-13H2,1-2H3,(H,22,24). The van der Waals surface area contributed by atoms with Crippen LogP contribution in [0.4, 0.5) is 4.39 Å². The van der Waals surface area contributed by atoms with E-state index in [0.29, 0.717) is 19.5 Å². The lowest BCUT2D eigenvalue weighted by Gasteiger charge is -2.24. The van der Waals surface area contributed by atoms with Crippen molar-refractivity contribution >= 4 is 21.8 Å². The van der Waals surface area contributed by atoms with E-state index in [0.717, 1.165) is 15.6 Å². The topological polar surface area (TPSA) is 32.3 Å². The molecule has 0 bridgehead atoms. The normalized spacial score (nSPS) is 12.2. The average molecular weight is 393 g/mol. The van der Waals surface area contributed by atoms with Crippen molar-refractivity contribution in [3.05, 3.63) is 69.9 Å². The highest BCUT2D eigenvalue weighted by Gasteiger charge is 2.17. The van der Waals surface area contributed by atoms with Crippen LogP contribution in [0, 0.1) is 5.82 Å². The summed E-state index contributed by atoms with van der Waals surface area (Å²) >= 11 is 3.42. The fourth-order valence-corrected chi connectivity index (χ4v) is 2.61. The Labute approximate surface area is 151 Å². The van der Waals surface area contributed by atoms with Crippen LogP contribution in [-0.4, -0.2) is 30.4 Å². The molecule has 0 radical (unpaired) electrons. The van der Waals surface area contributed by atoms with Crippen molar-refractivity contribution in [3.8, 4) is 0 Å². The zero-order chi connectivity index (χ0) is 17.5. The maximum absolute atomic E-state index is 12.9. The van der Waals surface area contributed by atoms with Crippen LogP contribution in [-0.2, 0) is 17.8 Å². The Balaban J connectivity index is 1.78. The summed E-state index contributed by atoms with van der Waals surface area (Å²) in [5.41, 5.74) is 2.17. The molecular formula is C19H22BrFN2O. The van der Waals surface area contributed by atoms with E-state index >= 15 is 0 Å². The fourth-order valence-electron chi connectivity index (χ4n) is 2.34. The number of carbonyl (C=O) groups is 1. The Hall–Kier alpha value is -1.72.